The summed E-state index contributed by atoms with van der Waals surface area (Å²) in [6.45, 7) is 0. The van der Waals surface area contributed by atoms with Gasteiger partial charge in [-0.05, 0) is 101 Å². The third kappa shape index (κ3) is 9.72. The van der Waals surface area contributed by atoms with Crippen LogP contribution in [0, 0.1) is 0 Å². The van der Waals surface area contributed by atoms with Crippen LogP contribution in [0.1, 0.15) is 44.9 Å². The summed E-state index contributed by atoms with van der Waals surface area (Å²) < 4.78 is 0. The minimum atomic E-state index is -0.601. The molecule has 0 nitrogen and oxygen atoms in total. The maximum absolute atomic E-state index is 2.53. The van der Waals surface area contributed by atoms with Crippen molar-refractivity contribution < 1.29 is 0 Å². The second-order valence-electron chi connectivity index (χ2n) is 12.9. The van der Waals surface area contributed by atoms with Crippen molar-refractivity contribution in [2.75, 3.05) is 12.3 Å². The Morgan fingerprint density at radius 2 is 0.431 bits per heavy atom. The average Bonchev–Trinajstić information content (AvgIpc) is 3.22. The van der Waals surface area contributed by atoms with E-state index in [1.165, 1.54) is 57.3 Å². The Kier molecular flexibility index (Phi) is 14.5. The first-order chi connectivity index (χ1) is 25.4. The van der Waals surface area contributed by atoms with E-state index in [0.29, 0.717) is 0 Å². The predicted octanol–water partition coefficient (Wildman–Crippen LogP) is 13.2. The molecule has 0 N–H and O–H groups in total. The summed E-state index contributed by atoms with van der Waals surface area (Å²) in [6.07, 6.45) is 12.1. The third-order valence-electron chi connectivity index (χ3n) is 9.29. The number of hydrogen-bond donors (Lipinski definition) is 0. The molecule has 7 rings (SSSR count). The van der Waals surface area contributed by atoms with Crippen LogP contribution in [0.5, 0.6) is 0 Å². The predicted molar refractivity (Wildman–Crippen MR) is 240 cm³/mol. The molecule has 0 aliphatic carbocycles. The highest BCUT2D eigenvalue weighted by molar-refractivity contribution is 8.96. The lowest BCUT2D eigenvalue weighted by Crippen LogP contribution is -2.15. The molecule has 51 heavy (non-hydrogen) atoms. The van der Waals surface area contributed by atoms with E-state index in [0.717, 1.165) is 0 Å². The molecule has 1 saturated heterocycles. The van der Waals surface area contributed by atoms with Crippen LogP contribution in [0.25, 0.3) is 0 Å². The molecular weight excluding hydrogens is 726 g/mol. The van der Waals surface area contributed by atoms with Crippen molar-refractivity contribution in [3.63, 3.8) is 0 Å². The molecule has 1 aliphatic heterocycles. The Balaban J connectivity index is 1.55. The van der Waals surface area contributed by atoms with Gasteiger partial charge in [0.15, 0.2) is 0 Å². The van der Waals surface area contributed by atoms with Gasteiger partial charge in [0.1, 0.15) is 0 Å². The van der Waals surface area contributed by atoms with Crippen LogP contribution >= 0.6 is 44.4 Å². The Bertz CT molecular complexity index is 1700. The van der Waals surface area contributed by atoms with Gasteiger partial charge in [0.25, 0.3) is 0 Å². The molecule has 6 aromatic carbocycles. The maximum atomic E-state index is 2.53. The highest BCUT2D eigenvalue weighted by Crippen LogP contribution is 3.05. The molecule has 0 amide bonds. The standard InChI is InChI=1S/C45H48P6/c1-2-4-24-38-46(40-26-12-6-13-27-40)48(42-30-16-8-17-31-42)50(44-34-20-10-21-35-44)51(45-36-22-11-23-37-45)49(43-32-18-9-19-33-43)47(39-25-5-3-1)41-28-14-7-15-29-41/h6-23,26-37H,1-5,24-25,38-39H2. The van der Waals surface area contributed by atoms with Crippen LogP contribution in [-0.2, 0) is 0 Å². The molecule has 0 radical (unpaired) electrons. The fourth-order valence-electron chi connectivity index (χ4n) is 6.82. The molecule has 0 spiro atoms. The molecule has 1 heterocycles. The SMILES string of the molecule is c1ccc(P2CCCCCCCCCP(c3ccccc3)P(c3ccccc3)P(c3ccccc3)P(c3ccccc3)P2c2ccccc2)cc1. The molecule has 6 unspecified atom stereocenters. The van der Waals surface area contributed by atoms with Crippen molar-refractivity contribution in [3.8, 4) is 0 Å². The normalized spacial score (nSPS) is 23.8. The third-order valence-corrected chi connectivity index (χ3v) is 49.1. The summed E-state index contributed by atoms with van der Waals surface area (Å²) in [4.78, 5) is 0. The largest absolute Gasteiger partial charge is 0.0622 e. The van der Waals surface area contributed by atoms with Gasteiger partial charge in [0.2, 0.25) is 0 Å². The van der Waals surface area contributed by atoms with Gasteiger partial charge >= 0.3 is 0 Å². The molecule has 1 fully saturated rings. The molecule has 6 aromatic rings. The summed E-state index contributed by atoms with van der Waals surface area (Å²) in [6, 6.07) is 71.3. The lowest BCUT2D eigenvalue weighted by molar-refractivity contribution is 0.605. The molecule has 0 bridgehead atoms. The zero-order valence-electron chi connectivity index (χ0n) is 29.4. The van der Waals surface area contributed by atoms with Gasteiger partial charge in [-0.2, -0.15) is 0 Å². The number of hydrogen-bond acceptors (Lipinski definition) is 0. The average molecular weight is 775 g/mol. The fraction of sp³-hybridized carbons (Fsp3) is 0.200. The lowest BCUT2D eigenvalue weighted by atomic mass is 10.1. The van der Waals surface area contributed by atoms with Crippen molar-refractivity contribution >= 4 is 76.2 Å². The van der Waals surface area contributed by atoms with Gasteiger partial charge in [-0.25, -0.2) is 0 Å². The fourth-order valence-corrected chi connectivity index (χ4v) is 62.6. The van der Waals surface area contributed by atoms with Crippen LogP contribution < -0.4 is 31.8 Å². The van der Waals surface area contributed by atoms with Crippen LogP contribution in [0.15, 0.2) is 182 Å². The number of benzene rings is 6. The Labute approximate surface area is 313 Å². The highest BCUT2D eigenvalue weighted by atomic mass is 32.8. The topological polar surface area (TPSA) is 0 Å². The van der Waals surface area contributed by atoms with E-state index in [4.69, 9.17) is 0 Å². The van der Waals surface area contributed by atoms with Gasteiger partial charge in [0, 0.05) is 0 Å². The van der Waals surface area contributed by atoms with Gasteiger partial charge in [-0.3, -0.25) is 0 Å². The summed E-state index contributed by atoms with van der Waals surface area (Å²) in [5.41, 5.74) is 0. The minimum absolute atomic E-state index is 0.431. The summed E-state index contributed by atoms with van der Waals surface area (Å²) in [5.74, 6) is 0. The first-order valence-electron chi connectivity index (χ1n) is 18.4. The van der Waals surface area contributed by atoms with E-state index in [1.54, 1.807) is 31.8 Å². The van der Waals surface area contributed by atoms with E-state index in [1.807, 2.05) is 0 Å². The van der Waals surface area contributed by atoms with E-state index in [9.17, 15) is 0 Å². The monoisotopic (exact) mass is 774 g/mol. The van der Waals surface area contributed by atoms with Gasteiger partial charge < -0.3 is 0 Å². The minimum Gasteiger partial charge on any atom is -0.0622 e. The Morgan fingerprint density at radius 1 is 0.216 bits per heavy atom. The molecule has 258 valence electrons. The summed E-state index contributed by atoms with van der Waals surface area (Å²) in [5, 5.41) is 9.64. The van der Waals surface area contributed by atoms with Crippen LogP contribution in [0.3, 0.4) is 0 Å². The van der Waals surface area contributed by atoms with Gasteiger partial charge in [-0.1, -0.05) is 214 Å². The van der Waals surface area contributed by atoms with Crippen molar-refractivity contribution in [1.82, 2.24) is 0 Å². The maximum Gasteiger partial charge on any atom is -0.00600 e. The van der Waals surface area contributed by atoms with Gasteiger partial charge in [-0.15, -0.1) is 0 Å². The second kappa shape index (κ2) is 19.8. The van der Waals surface area contributed by atoms with E-state index < -0.39 is 44.4 Å². The smallest absolute Gasteiger partial charge is 0.00600 e. The second-order valence-corrected chi connectivity index (χ2v) is 37.1. The summed E-state index contributed by atoms with van der Waals surface area (Å²) >= 11 is 0. The molecule has 0 saturated carbocycles. The Hall–Kier alpha value is -2.10. The quantitative estimate of drug-likeness (QED) is 0.148. The number of rotatable bonds is 6. The van der Waals surface area contributed by atoms with Crippen LogP contribution in [0.2, 0.25) is 0 Å². The van der Waals surface area contributed by atoms with E-state index >= 15 is 0 Å². The van der Waals surface area contributed by atoms with Gasteiger partial charge in [0.05, 0.1) is 0 Å². The van der Waals surface area contributed by atoms with Crippen molar-refractivity contribution in [2.45, 2.75) is 44.9 Å². The van der Waals surface area contributed by atoms with Crippen LogP contribution in [0.4, 0.5) is 0 Å². The van der Waals surface area contributed by atoms with Crippen molar-refractivity contribution in [2.24, 2.45) is 0 Å². The van der Waals surface area contributed by atoms with E-state index in [2.05, 4.69) is 182 Å². The zero-order chi connectivity index (χ0) is 34.5. The van der Waals surface area contributed by atoms with Crippen molar-refractivity contribution in [3.05, 3.63) is 182 Å². The van der Waals surface area contributed by atoms with Crippen molar-refractivity contribution in [1.29, 1.82) is 0 Å². The Morgan fingerprint density at radius 3 is 0.706 bits per heavy atom. The molecular formula is C45H48P6. The highest BCUT2D eigenvalue weighted by Gasteiger charge is 2.44. The molecule has 0 aromatic heterocycles. The first-order valence-corrected chi connectivity index (χ1v) is 30.4. The zero-order valence-corrected chi connectivity index (χ0v) is 34.7. The lowest BCUT2D eigenvalue weighted by Gasteiger charge is -2.45. The van der Waals surface area contributed by atoms with E-state index in [-0.39, 0.29) is 0 Å². The molecule has 6 atom stereocenters. The molecule has 6 heteroatoms. The summed E-state index contributed by atoms with van der Waals surface area (Å²) in [7, 11) is -3.15. The van der Waals surface area contributed by atoms with Crippen LogP contribution in [-0.4, -0.2) is 12.3 Å². The first kappa shape index (κ1) is 37.2. The molecule has 1 aliphatic rings.